The smallest absolute Gasteiger partial charge is 0.222 e. The van der Waals surface area contributed by atoms with Crippen LogP contribution in [0.1, 0.15) is 24.8 Å². The van der Waals surface area contributed by atoms with Crippen molar-refractivity contribution in [2.75, 3.05) is 39.3 Å². The molecule has 0 radical (unpaired) electrons. The van der Waals surface area contributed by atoms with Crippen LogP contribution in [0.4, 0.5) is 0 Å². The van der Waals surface area contributed by atoms with E-state index < -0.39 is 0 Å². The first-order valence-electron chi connectivity index (χ1n) is 8.66. The molecular weight excluding hydrogens is 310 g/mol. The second-order valence-electron chi connectivity index (χ2n) is 6.68. The molecule has 1 amide bonds. The Morgan fingerprint density at radius 3 is 2.57 bits per heavy atom. The van der Waals surface area contributed by atoms with E-state index in [4.69, 9.17) is 11.6 Å². The van der Waals surface area contributed by atoms with E-state index in [1.807, 2.05) is 17.0 Å². The lowest BCUT2D eigenvalue weighted by Crippen LogP contribution is -2.48. The molecule has 0 saturated carbocycles. The zero-order valence-corrected chi connectivity index (χ0v) is 14.4. The van der Waals surface area contributed by atoms with Gasteiger partial charge in [0.1, 0.15) is 0 Å². The summed E-state index contributed by atoms with van der Waals surface area (Å²) in [4.78, 5) is 16.8. The number of benzene rings is 1. The lowest BCUT2D eigenvalue weighted by atomic mass is 10.0. The van der Waals surface area contributed by atoms with Crippen molar-refractivity contribution in [1.29, 1.82) is 0 Å². The summed E-state index contributed by atoms with van der Waals surface area (Å²) < 4.78 is 0. The van der Waals surface area contributed by atoms with Gasteiger partial charge in [0.05, 0.1) is 0 Å². The Bertz CT molecular complexity index is 506. The highest BCUT2D eigenvalue weighted by atomic mass is 35.5. The Morgan fingerprint density at radius 1 is 1.17 bits per heavy atom. The van der Waals surface area contributed by atoms with Gasteiger partial charge in [-0.25, -0.2) is 0 Å². The maximum atomic E-state index is 12.3. The average Bonchev–Trinajstić information content (AvgIpc) is 3.09. The minimum Gasteiger partial charge on any atom is -0.340 e. The van der Waals surface area contributed by atoms with Gasteiger partial charge < -0.3 is 10.2 Å². The van der Waals surface area contributed by atoms with Crippen LogP contribution in [0.5, 0.6) is 0 Å². The van der Waals surface area contributed by atoms with Crippen LogP contribution in [0.15, 0.2) is 24.3 Å². The number of nitrogens with one attached hydrogen (secondary N) is 1. The van der Waals surface area contributed by atoms with Crippen molar-refractivity contribution in [2.24, 2.45) is 5.92 Å². The van der Waals surface area contributed by atoms with E-state index in [0.717, 1.165) is 57.3 Å². The van der Waals surface area contributed by atoms with Gasteiger partial charge in [-0.1, -0.05) is 23.7 Å². The molecule has 2 fully saturated rings. The predicted octanol–water partition coefficient (Wildman–Crippen LogP) is 2.37. The molecule has 1 unspecified atom stereocenters. The number of hydrogen-bond donors (Lipinski definition) is 1. The Labute approximate surface area is 143 Å². The molecule has 0 spiro atoms. The predicted molar refractivity (Wildman–Crippen MR) is 93.5 cm³/mol. The molecule has 2 aliphatic heterocycles. The number of amides is 1. The van der Waals surface area contributed by atoms with E-state index in [1.165, 1.54) is 12.0 Å². The van der Waals surface area contributed by atoms with Gasteiger partial charge in [0.25, 0.3) is 0 Å². The van der Waals surface area contributed by atoms with Crippen LogP contribution in [0.3, 0.4) is 0 Å². The molecule has 0 aliphatic carbocycles. The van der Waals surface area contributed by atoms with Gasteiger partial charge in [-0.15, -0.1) is 0 Å². The van der Waals surface area contributed by atoms with Gasteiger partial charge in [-0.2, -0.15) is 0 Å². The number of halogens is 1. The van der Waals surface area contributed by atoms with E-state index in [-0.39, 0.29) is 0 Å². The normalized spacial score (nSPS) is 22.5. The van der Waals surface area contributed by atoms with E-state index in [2.05, 4.69) is 22.3 Å². The third kappa shape index (κ3) is 4.93. The molecular formula is C18H26ClN3O. The molecule has 1 aromatic rings. The maximum absolute atomic E-state index is 12.3. The van der Waals surface area contributed by atoms with Gasteiger partial charge >= 0.3 is 0 Å². The Kier molecular flexibility index (Phi) is 5.92. The monoisotopic (exact) mass is 335 g/mol. The topological polar surface area (TPSA) is 35.6 Å². The zero-order valence-electron chi connectivity index (χ0n) is 13.6. The van der Waals surface area contributed by atoms with Crippen molar-refractivity contribution in [3.8, 4) is 0 Å². The van der Waals surface area contributed by atoms with Crippen LogP contribution < -0.4 is 5.32 Å². The highest BCUT2D eigenvalue weighted by Crippen LogP contribution is 2.17. The fraction of sp³-hybridized carbons (Fsp3) is 0.611. The summed E-state index contributed by atoms with van der Waals surface area (Å²) in [5.74, 6) is 1.04. The van der Waals surface area contributed by atoms with E-state index in [9.17, 15) is 4.79 Å². The molecule has 4 nitrogen and oxygen atoms in total. The molecule has 2 heterocycles. The molecule has 0 aromatic heterocycles. The fourth-order valence-corrected chi connectivity index (χ4v) is 3.58. The number of rotatable bonds is 5. The summed E-state index contributed by atoms with van der Waals surface area (Å²) >= 11 is 5.92. The van der Waals surface area contributed by atoms with Crippen LogP contribution in [-0.4, -0.2) is 55.0 Å². The second-order valence-corrected chi connectivity index (χ2v) is 7.12. The molecule has 0 bridgehead atoms. The van der Waals surface area contributed by atoms with Gasteiger partial charge in [-0.3, -0.25) is 9.69 Å². The van der Waals surface area contributed by atoms with E-state index in [1.54, 1.807) is 0 Å². The summed E-state index contributed by atoms with van der Waals surface area (Å²) in [7, 11) is 0. The molecule has 5 heteroatoms. The van der Waals surface area contributed by atoms with Crippen LogP contribution in [-0.2, 0) is 11.3 Å². The summed E-state index contributed by atoms with van der Waals surface area (Å²) in [6, 6.07) is 8.04. The lowest BCUT2D eigenvalue weighted by molar-refractivity contribution is -0.133. The lowest BCUT2D eigenvalue weighted by Gasteiger charge is -2.35. The molecule has 1 aromatic carbocycles. The van der Waals surface area contributed by atoms with Crippen LogP contribution in [0, 0.1) is 5.92 Å². The van der Waals surface area contributed by atoms with Crippen molar-refractivity contribution in [3.63, 3.8) is 0 Å². The Morgan fingerprint density at radius 2 is 1.91 bits per heavy atom. The van der Waals surface area contributed by atoms with Gasteiger partial charge in [-0.05, 0) is 49.5 Å². The quantitative estimate of drug-likeness (QED) is 0.897. The SMILES string of the molecule is O=C(CCC1CCNC1)N1CCN(Cc2ccc(Cl)cc2)CC1. The minimum absolute atomic E-state index is 0.336. The highest BCUT2D eigenvalue weighted by molar-refractivity contribution is 6.30. The molecule has 1 atom stereocenters. The molecule has 2 saturated heterocycles. The summed E-state index contributed by atoms with van der Waals surface area (Å²) in [6.07, 6.45) is 2.97. The second kappa shape index (κ2) is 8.13. The van der Waals surface area contributed by atoms with Crippen molar-refractivity contribution >= 4 is 17.5 Å². The largest absolute Gasteiger partial charge is 0.340 e. The number of hydrogen-bond acceptors (Lipinski definition) is 3. The van der Waals surface area contributed by atoms with Crippen molar-refractivity contribution < 1.29 is 4.79 Å². The number of nitrogens with zero attached hydrogens (tertiary/aromatic N) is 2. The first kappa shape index (κ1) is 16.7. The summed E-state index contributed by atoms with van der Waals surface area (Å²) in [6.45, 7) is 6.76. The number of piperazine rings is 1. The zero-order chi connectivity index (χ0) is 16.1. The summed E-state index contributed by atoms with van der Waals surface area (Å²) in [5.41, 5.74) is 1.28. The minimum atomic E-state index is 0.336. The van der Waals surface area contributed by atoms with Crippen LogP contribution in [0.25, 0.3) is 0 Å². The first-order valence-corrected chi connectivity index (χ1v) is 9.04. The molecule has 1 N–H and O–H groups in total. The molecule has 126 valence electrons. The van der Waals surface area contributed by atoms with Crippen molar-refractivity contribution in [1.82, 2.24) is 15.1 Å². The number of carbonyl (C=O) groups is 1. The average molecular weight is 336 g/mol. The van der Waals surface area contributed by atoms with Crippen molar-refractivity contribution in [2.45, 2.75) is 25.8 Å². The van der Waals surface area contributed by atoms with Crippen LogP contribution >= 0.6 is 11.6 Å². The fourth-order valence-electron chi connectivity index (χ4n) is 3.45. The number of carbonyl (C=O) groups excluding carboxylic acids is 1. The third-order valence-corrected chi connectivity index (χ3v) is 5.23. The highest BCUT2D eigenvalue weighted by Gasteiger charge is 2.22. The van der Waals surface area contributed by atoms with E-state index >= 15 is 0 Å². The van der Waals surface area contributed by atoms with Crippen molar-refractivity contribution in [3.05, 3.63) is 34.9 Å². The van der Waals surface area contributed by atoms with E-state index in [0.29, 0.717) is 18.2 Å². The third-order valence-electron chi connectivity index (χ3n) is 4.97. The molecule has 23 heavy (non-hydrogen) atoms. The van der Waals surface area contributed by atoms with Gasteiger partial charge in [0, 0.05) is 44.2 Å². The first-order chi connectivity index (χ1) is 11.2. The Hall–Kier alpha value is -1.10. The molecule has 2 aliphatic rings. The summed E-state index contributed by atoms with van der Waals surface area (Å²) in [5, 5.41) is 4.15. The standard InChI is InChI=1S/C18H26ClN3O/c19-17-4-1-16(2-5-17)14-21-9-11-22(12-10-21)18(23)6-3-15-7-8-20-13-15/h1-2,4-5,15,20H,3,6-14H2. The van der Waals surface area contributed by atoms with Crippen LogP contribution in [0.2, 0.25) is 5.02 Å². The maximum Gasteiger partial charge on any atom is 0.222 e. The molecule has 3 rings (SSSR count). The van der Waals surface area contributed by atoms with Gasteiger partial charge in [0.2, 0.25) is 5.91 Å². The Balaban J connectivity index is 1.39. The van der Waals surface area contributed by atoms with Gasteiger partial charge in [0.15, 0.2) is 0 Å².